The number of fused-ring (bicyclic) bond motifs is 1. The van der Waals surface area contributed by atoms with Gasteiger partial charge in [0, 0.05) is 40.8 Å². The molecule has 0 amide bonds. The summed E-state index contributed by atoms with van der Waals surface area (Å²) in [6.45, 7) is 6.21. The van der Waals surface area contributed by atoms with Crippen LogP contribution in [0, 0.1) is 19.3 Å². The summed E-state index contributed by atoms with van der Waals surface area (Å²) in [7, 11) is 0. The normalized spacial score (nSPS) is 12.0. The third-order valence-corrected chi connectivity index (χ3v) is 7.10. The molecule has 4 heterocycles. The second-order valence-electron chi connectivity index (χ2n) is 9.65. The molecule has 6 rings (SSSR count). The fourth-order valence-corrected chi connectivity index (χ4v) is 5.26. The van der Waals surface area contributed by atoms with Gasteiger partial charge in [0.05, 0.1) is 29.0 Å². The molecule has 0 radical (unpaired) electrons. The summed E-state index contributed by atoms with van der Waals surface area (Å²) in [5.74, 6) is 0.923. The van der Waals surface area contributed by atoms with Crippen molar-refractivity contribution in [3.05, 3.63) is 126 Å². The molecule has 0 saturated heterocycles. The molecule has 0 unspecified atom stereocenters. The number of nitrogens with one attached hydrogen (secondary N) is 1. The van der Waals surface area contributed by atoms with Crippen molar-refractivity contribution in [3.8, 4) is 22.3 Å². The van der Waals surface area contributed by atoms with Crippen LogP contribution in [0.3, 0.4) is 0 Å². The number of rotatable bonds is 7. The molecule has 0 saturated carbocycles. The van der Waals surface area contributed by atoms with E-state index in [4.69, 9.17) is 24.6 Å². The average molecular weight is 528 g/mol. The van der Waals surface area contributed by atoms with E-state index in [2.05, 4.69) is 52.3 Å². The van der Waals surface area contributed by atoms with E-state index in [-0.39, 0.29) is 11.9 Å². The van der Waals surface area contributed by atoms with Gasteiger partial charge in [-0.15, -0.1) is 0 Å². The third kappa shape index (κ3) is 4.56. The standard InChI is InChI=1S/C33H29N5O2/c1-4-39-33(34)25-15-13-23(14-16-25)27-20-38(32(24-10-6-5-7-11-24)28-12-8-9-17-35-28)29-18-26(19-36-31(27)29)30-21(2)37-40-22(30)3/h5-20,32,34H,4H2,1-3H3/t32-/m1/s1. The largest absolute Gasteiger partial charge is 0.478 e. The molecule has 0 spiro atoms. The lowest BCUT2D eigenvalue weighted by Crippen LogP contribution is -2.13. The van der Waals surface area contributed by atoms with E-state index in [1.807, 2.05) is 75.6 Å². The minimum atomic E-state index is -0.175. The molecule has 0 aliphatic carbocycles. The Hall–Kier alpha value is -5.04. The zero-order valence-corrected chi connectivity index (χ0v) is 22.6. The Labute approximate surface area is 232 Å². The van der Waals surface area contributed by atoms with Crippen LogP contribution in [0.1, 0.15) is 41.2 Å². The smallest absolute Gasteiger partial charge is 0.213 e. The number of nitrogens with zero attached hydrogens (tertiary/aromatic N) is 4. The Bertz CT molecular complexity index is 1730. The molecule has 6 aromatic rings. The van der Waals surface area contributed by atoms with Crippen molar-refractivity contribution in [2.24, 2.45) is 0 Å². The van der Waals surface area contributed by atoms with E-state index in [0.29, 0.717) is 6.61 Å². The second kappa shape index (κ2) is 10.6. The molecule has 2 aromatic carbocycles. The lowest BCUT2D eigenvalue weighted by molar-refractivity contribution is 0.325. The molecule has 198 valence electrons. The Morgan fingerprint density at radius 1 is 0.950 bits per heavy atom. The zero-order valence-electron chi connectivity index (χ0n) is 22.6. The first-order chi connectivity index (χ1) is 19.5. The fraction of sp³-hybridized carbons (Fsp3) is 0.152. The molecule has 4 aromatic heterocycles. The van der Waals surface area contributed by atoms with Crippen molar-refractivity contribution in [2.45, 2.75) is 26.8 Å². The fourth-order valence-electron chi connectivity index (χ4n) is 5.26. The van der Waals surface area contributed by atoms with Gasteiger partial charge in [-0.1, -0.05) is 53.7 Å². The molecule has 7 heteroatoms. The van der Waals surface area contributed by atoms with E-state index in [0.717, 1.165) is 61.6 Å². The number of aromatic nitrogens is 4. The average Bonchev–Trinajstić information content (AvgIpc) is 3.53. The van der Waals surface area contributed by atoms with Crippen LogP contribution >= 0.6 is 0 Å². The first kappa shape index (κ1) is 25.2. The molecule has 40 heavy (non-hydrogen) atoms. The molecule has 1 N–H and O–H groups in total. The minimum absolute atomic E-state index is 0.165. The van der Waals surface area contributed by atoms with Crippen LogP contribution in [-0.2, 0) is 4.74 Å². The predicted octanol–water partition coefficient (Wildman–Crippen LogP) is 7.37. The highest BCUT2D eigenvalue weighted by molar-refractivity contribution is 5.97. The molecular formula is C33H29N5O2. The molecule has 0 fully saturated rings. The molecule has 0 aliphatic rings. The highest BCUT2D eigenvalue weighted by Gasteiger charge is 2.24. The highest BCUT2D eigenvalue weighted by atomic mass is 16.5. The number of benzene rings is 2. The summed E-state index contributed by atoms with van der Waals surface area (Å²) >= 11 is 0. The highest BCUT2D eigenvalue weighted by Crippen LogP contribution is 2.38. The van der Waals surface area contributed by atoms with Crippen LogP contribution < -0.4 is 0 Å². The van der Waals surface area contributed by atoms with Gasteiger partial charge in [0.25, 0.3) is 0 Å². The molecule has 0 aliphatic heterocycles. The van der Waals surface area contributed by atoms with Crippen LogP contribution in [0.25, 0.3) is 33.3 Å². The van der Waals surface area contributed by atoms with Crippen molar-refractivity contribution < 1.29 is 9.26 Å². The van der Waals surface area contributed by atoms with Gasteiger partial charge < -0.3 is 13.8 Å². The monoisotopic (exact) mass is 527 g/mol. The minimum Gasteiger partial charge on any atom is -0.478 e. The van der Waals surface area contributed by atoms with E-state index in [9.17, 15) is 0 Å². The SMILES string of the molecule is CCOC(=N)c1ccc(-c2cn([C@H](c3ccccc3)c3ccccn3)c3cc(-c4c(C)noc4C)cnc23)cc1. The molecule has 0 bridgehead atoms. The third-order valence-electron chi connectivity index (χ3n) is 7.10. The summed E-state index contributed by atoms with van der Waals surface area (Å²) in [6, 6.07) is 26.3. The van der Waals surface area contributed by atoms with Gasteiger partial charge in [0.1, 0.15) is 11.8 Å². The Morgan fingerprint density at radius 3 is 2.40 bits per heavy atom. The number of hydrogen-bond acceptors (Lipinski definition) is 6. The summed E-state index contributed by atoms with van der Waals surface area (Å²) in [6.07, 6.45) is 5.88. The van der Waals surface area contributed by atoms with Crippen LogP contribution in [-0.4, -0.2) is 32.2 Å². The Morgan fingerprint density at radius 2 is 1.73 bits per heavy atom. The number of ether oxygens (including phenoxy) is 1. The quantitative estimate of drug-likeness (QED) is 0.173. The molecule has 1 atom stereocenters. The van der Waals surface area contributed by atoms with Gasteiger partial charge in [0.15, 0.2) is 0 Å². The number of aryl methyl sites for hydroxylation is 2. The number of hydrogen-bond donors (Lipinski definition) is 1. The summed E-state index contributed by atoms with van der Waals surface area (Å²) < 4.78 is 13.1. The predicted molar refractivity (Wildman–Crippen MR) is 157 cm³/mol. The Kier molecular flexibility index (Phi) is 6.70. The maximum atomic E-state index is 8.15. The topological polar surface area (TPSA) is 89.8 Å². The second-order valence-corrected chi connectivity index (χ2v) is 9.65. The maximum absolute atomic E-state index is 8.15. The van der Waals surface area contributed by atoms with Crippen molar-refractivity contribution in [1.29, 1.82) is 5.41 Å². The van der Waals surface area contributed by atoms with Crippen LogP contribution in [0.15, 0.2) is 102 Å². The summed E-state index contributed by atoms with van der Waals surface area (Å²) in [5, 5.41) is 12.3. The molecule has 7 nitrogen and oxygen atoms in total. The first-order valence-electron chi connectivity index (χ1n) is 13.3. The molecular weight excluding hydrogens is 498 g/mol. The Balaban J connectivity index is 1.59. The van der Waals surface area contributed by atoms with Crippen LogP contribution in [0.5, 0.6) is 0 Å². The van der Waals surface area contributed by atoms with E-state index >= 15 is 0 Å². The van der Waals surface area contributed by atoms with Crippen molar-refractivity contribution in [1.82, 2.24) is 19.7 Å². The van der Waals surface area contributed by atoms with Gasteiger partial charge in [0.2, 0.25) is 5.90 Å². The summed E-state index contributed by atoms with van der Waals surface area (Å²) in [4.78, 5) is 9.76. The van der Waals surface area contributed by atoms with Crippen molar-refractivity contribution in [2.75, 3.05) is 6.61 Å². The van der Waals surface area contributed by atoms with Crippen molar-refractivity contribution >= 4 is 16.9 Å². The summed E-state index contributed by atoms with van der Waals surface area (Å²) in [5.41, 5.74) is 9.35. The van der Waals surface area contributed by atoms with E-state index in [1.165, 1.54) is 0 Å². The van der Waals surface area contributed by atoms with Gasteiger partial charge in [-0.25, -0.2) is 0 Å². The van der Waals surface area contributed by atoms with E-state index in [1.54, 1.807) is 0 Å². The van der Waals surface area contributed by atoms with Gasteiger partial charge in [-0.3, -0.25) is 15.4 Å². The first-order valence-corrected chi connectivity index (χ1v) is 13.3. The van der Waals surface area contributed by atoms with Crippen molar-refractivity contribution in [3.63, 3.8) is 0 Å². The van der Waals surface area contributed by atoms with Gasteiger partial charge >= 0.3 is 0 Å². The lowest BCUT2D eigenvalue weighted by atomic mass is 10.0. The van der Waals surface area contributed by atoms with Crippen LogP contribution in [0.4, 0.5) is 0 Å². The van der Waals surface area contributed by atoms with Crippen LogP contribution in [0.2, 0.25) is 0 Å². The van der Waals surface area contributed by atoms with E-state index < -0.39 is 0 Å². The van der Waals surface area contributed by atoms with Gasteiger partial charge in [-0.2, -0.15) is 0 Å². The van der Waals surface area contributed by atoms with Gasteiger partial charge in [-0.05, 0) is 62.2 Å². The zero-order chi connectivity index (χ0) is 27.6. The number of pyridine rings is 2. The lowest BCUT2D eigenvalue weighted by Gasteiger charge is -2.20. The maximum Gasteiger partial charge on any atom is 0.213 e.